The van der Waals surface area contributed by atoms with Crippen molar-refractivity contribution in [3.05, 3.63) is 29.6 Å². The van der Waals surface area contributed by atoms with Gasteiger partial charge >= 0.3 is 0 Å². The molecule has 96 valence electrons. The molecule has 3 rings (SSSR count). The maximum Gasteiger partial charge on any atom is 0.254 e. The molecule has 18 heavy (non-hydrogen) atoms. The van der Waals surface area contributed by atoms with E-state index < -0.39 is 17.7 Å². The summed E-state index contributed by atoms with van der Waals surface area (Å²) in [6, 6.07) is 1.33. The van der Waals surface area contributed by atoms with Gasteiger partial charge in [-0.1, -0.05) is 6.42 Å². The van der Waals surface area contributed by atoms with Crippen LogP contribution in [0.2, 0.25) is 0 Å². The highest BCUT2D eigenvalue weighted by Crippen LogP contribution is 2.44. The third-order valence-corrected chi connectivity index (χ3v) is 4.15. The molecule has 2 fully saturated rings. The number of amides is 1. The number of nitrogens with one attached hydrogen (secondary N) is 1. The normalized spacial score (nSPS) is 29.6. The molecular weight excluding hydrogens is 238 g/mol. The van der Waals surface area contributed by atoms with Gasteiger partial charge in [0.2, 0.25) is 5.95 Å². The molecule has 2 saturated carbocycles. The van der Waals surface area contributed by atoms with Crippen LogP contribution in [0, 0.1) is 23.6 Å². The number of rotatable bonds is 2. The molecular formula is C13H14F2N2O. The maximum atomic E-state index is 13.4. The van der Waals surface area contributed by atoms with E-state index in [0.29, 0.717) is 11.8 Å². The van der Waals surface area contributed by atoms with Gasteiger partial charge in [0.05, 0.1) is 5.56 Å². The molecule has 2 aliphatic rings. The summed E-state index contributed by atoms with van der Waals surface area (Å²) < 4.78 is 26.4. The fourth-order valence-corrected chi connectivity index (χ4v) is 3.26. The van der Waals surface area contributed by atoms with E-state index in [1.165, 1.54) is 12.5 Å². The second-order valence-corrected chi connectivity index (χ2v) is 5.22. The van der Waals surface area contributed by atoms with Gasteiger partial charge in [0.25, 0.3) is 5.91 Å². The Morgan fingerprint density at radius 2 is 2.17 bits per heavy atom. The van der Waals surface area contributed by atoms with Gasteiger partial charge in [-0.05, 0) is 37.2 Å². The number of halogens is 2. The van der Waals surface area contributed by atoms with Crippen molar-refractivity contribution in [3.8, 4) is 0 Å². The largest absolute Gasteiger partial charge is 0.349 e. The lowest BCUT2D eigenvalue weighted by molar-refractivity contribution is 0.0917. The highest BCUT2D eigenvalue weighted by molar-refractivity contribution is 5.94. The Labute approximate surface area is 104 Å². The first-order valence-corrected chi connectivity index (χ1v) is 6.26. The monoisotopic (exact) mass is 252 g/mol. The number of carbonyl (C=O) groups is 1. The average molecular weight is 252 g/mol. The van der Waals surface area contributed by atoms with Crippen molar-refractivity contribution in [2.45, 2.75) is 31.7 Å². The number of pyridine rings is 1. The average Bonchev–Trinajstić information content (AvgIpc) is 2.94. The number of nitrogens with zero attached hydrogens (tertiary/aromatic N) is 1. The summed E-state index contributed by atoms with van der Waals surface area (Å²) in [5.74, 6) is -1.73. The van der Waals surface area contributed by atoms with Crippen LogP contribution in [-0.2, 0) is 0 Å². The van der Waals surface area contributed by atoms with Crippen LogP contribution in [0.25, 0.3) is 0 Å². The first-order chi connectivity index (χ1) is 8.65. The molecule has 0 spiro atoms. The second-order valence-electron chi connectivity index (χ2n) is 5.22. The Kier molecular flexibility index (Phi) is 2.76. The SMILES string of the molecule is O=C(NC1CC2CCC1C2)c1ccnc(F)c1F. The van der Waals surface area contributed by atoms with Gasteiger partial charge < -0.3 is 5.32 Å². The summed E-state index contributed by atoms with van der Waals surface area (Å²) in [6.07, 6.45) is 5.58. The molecule has 1 aromatic heterocycles. The molecule has 1 heterocycles. The molecule has 1 N–H and O–H groups in total. The summed E-state index contributed by atoms with van der Waals surface area (Å²) in [5, 5.41) is 2.82. The lowest BCUT2D eigenvalue weighted by Crippen LogP contribution is -2.38. The molecule has 1 aromatic rings. The molecule has 0 aliphatic heterocycles. The van der Waals surface area contributed by atoms with Crippen molar-refractivity contribution in [1.29, 1.82) is 0 Å². The molecule has 3 nitrogen and oxygen atoms in total. The van der Waals surface area contributed by atoms with Crippen molar-refractivity contribution in [2.24, 2.45) is 11.8 Å². The standard InChI is InChI=1S/C13H14F2N2O/c14-11-9(3-4-16-12(11)15)13(18)17-10-6-7-1-2-8(10)5-7/h3-4,7-8,10H,1-2,5-6H2,(H,17,18). The Hall–Kier alpha value is -1.52. The van der Waals surface area contributed by atoms with Gasteiger partial charge in [0.15, 0.2) is 5.82 Å². The predicted octanol–water partition coefficient (Wildman–Crippen LogP) is 2.28. The third kappa shape index (κ3) is 1.87. The van der Waals surface area contributed by atoms with E-state index in [4.69, 9.17) is 0 Å². The third-order valence-electron chi connectivity index (χ3n) is 4.15. The van der Waals surface area contributed by atoms with Crippen LogP contribution in [0.5, 0.6) is 0 Å². The summed E-state index contributed by atoms with van der Waals surface area (Å²) in [7, 11) is 0. The minimum atomic E-state index is -1.23. The summed E-state index contributed by atoms with van der Waals surface area (Å²) in [6.45, 7) is 0. The predicted molar refractivity (Wildman–Crippen MR) is 60.9 cm³/mol. The molecule has 0 saturated heterocycles. The van der Waals surface area contributed by atoms with Gasteiger partial charge in [-0.15, -0.1) is 0 Å². The Morgan fingerprint density at radius 3 is 2.83 bits per heavy atom. The first kappa shape index (κ1) is 11.6. The lowest BCUT2D eigenvalue weighted by atomic mass is 9.95. The second kappa shape index (κ2) is 4.30. The van der Waals surface area contributed by atoms with E-state index in [1.807, 2.05) is 0 Å². The molecule has 5 heteroatoms. The molecule has 2 bridgehead atoms. The fourth-order valence-electron chi connectivity index (χ4n) is 3.26. The zero-order chi connectivity index (χ0) is 12.7. The van der Waals surface area contributed by atoms with Crippen molar-refractivity contribution < 1.29 is 13.6 Å². The first-order valence-electron chi connectivity index (χ1n) is 6.26. The lowest BCUT2D eigenvalue weighted by Gasteiger charge is -2.22. The number of hydrogen-bond acceptors (Lipinski definition) is 2. The maximum absolute atomic E-state index is 13.4. The van der Waals surface area contributed by atoms with Crippen molar-refractivity contribution in [3.63, 3.8) is 0 Å². The van der Waals surface area contributed by atoms with Gasteiger partial charge in [-0.25, -0.2) is 9.37 Å². The fraction of sp³-hybridized carbons (Fsp3) is 0.538. The van der Waals surface area contributed by atoms with Gasteiger partial charge in [0.1, 0.15) is 0 Å². The molecule has 1 amide bonds. The topological polar surface area (TPSA) is 42.0 Å². The smallest absolute Gasteiger partial charge is 0.254 e. The number of hydrogen-bond donors (Lipinski definition) is 1. The Morgan fingerprint density at radius 1 is 1.33 bits per heavy atom. The van der Waals surface area contributed by atoms with Crippen molar-refractivity contribution in [1.82, 2.24) is 10.3 Å². The van der Waals surface area contributed by atoms with Crippen LogP contribution < -0.4 is 5.32 Å². The summed E-state index contributed by atoms with van der Waals surface area (Å²) in [4.78, 5) is 15.1. The van der Waals surface area contributed by atoms with Crippen LogP contribution in [0.3, 0.4) is 0 Å². The zero-order valence-electron chi connectivity index (χ0n) is 9.83. The molecule has 2 aliphatic carbocycles. The Bertz CT molecular complexity index is 492. The van der Waals surface area contributed by atoms with Crippen LogP contribution in [0.15, 0.2) is 12.3 Å². The van der Waals surface area contributed by atoms with Crippen LogP contribution in [-0.4, -0.2) is 16.9 Å². The van der Waals surface area contributed by atoms with Crippen molar-refractivity contribution in [2.75, 3.05) is 0 Å². The highest BCUT2D eigenvalue weighted by atomic mass is 19.2. The van der Waals surface area contributed by atoms with E-state index in [2.05, 4.69) is 10.3 Å². The Balaban J connectivity index is 1.73. The number of fused-ring (bicyclic) bond motifs is 2. The summed E-state index contributed by atoms with van der Waals surface area (Å²) >= 11 is 0. The van der Waals surface area contributed by atoms with E-state index in [1.54, 1.807) is 0 Å². The molecule has 0 aromatic carbocycles. The van der Waals surface area contributed by atoms with Crippen molar-refractivity contribution >= 4 is 5.91 Å². The van der Waals surface area contributed by atoms with Crippen LogP contribution >= 0.6 is 0 Å². The molecule has 3 unspecified atom stereocenters. The highest BCUT2D eigenvalue weighted by Gasteiger charge is 2.40. The minimum absolute atomic E-state index is 0.117. The van der Waals surface area contributed by atoms with E-state index >= 15 is 0 Å². The van der Waals surface area contributed by atoms with Gasteiger partial charge in [0, 0.05) is 12.2 Å². The van der Waals surface area contributed by atoms with Crippen LogP contribution in [0.4, 0.5) is 8.78 Å². The van der Waals surface area contributed by atoms with E-state index in [-0.39, 0.29) is 11.6 Å². The molecule has 0 radical (unpaired) electrons. The van der Waals surface area contributed by atoms with Crippen LogP contribution in [0.1, 0.15) is 36.0 Å². The van der Waals surface area contributed by atoms with Gasteiger partial charge in [-0.2, -0.15) is 4.39 Å². The summed E-state index contributed by atoms with van der Waals surface area (Å²) in [5.41, 5.74) is -0.259. The zero-order valence-corrected chi connectivity index (χ0v) is 9.83. The van der Waals surface area contributed by atoms with E-state index in [9.17, 15) is 13.6 Å². The number of aromatic nitrogens is 1. The molecule has 3 atom stereocenters. The minimum Gasteiger partial charge on any atom is -0.349 e. The quantitative estimate of drug-likeness (QED) is 0.820. The number of carbonyl (C=O) groups excluding carboxylic acids is 1. The van der Waals surface area contributed by atoms with E-state index in [0.717, 1.165) is 25.5 Å². The van der Waals surface area contributed by atoms with Gasteiger partial charge in [-0.3, -0.25) is 4.79 Å².